The van der Waals surface area contributed by atoms with Crippen molar-refractivity contribution in [3.05, 3.63) is 53.1 Å². The van der Waals surface area contributed by atoms with Crippen LogP contribution in [0.15, 0.2) is 42.5 Å². The lowest BCUT2D eigenvalue weighted by molar-refractivity contribution is 0.477. The van der Waals surface area contributed by atoms with Crippen LogP contribution >= 0.6 is 11.6 Å². The maximum atomic E-state index is 9.79. The third-order valence-corrected chi connectivity index (χ3v) is 2.65. The standard InChI is InChI=1S/C13H11ClO/c1-9-5-7-10(8-6-9)11-3-2-4-12(14)13(11)15/h2-8,15H,1H3. The maximum Gasteiger partial charge on any atom is 0.141 e. The highest BCUT2D eigenvalue weighted by Crippen LogP contribution is 2.34. The van der Waals surface area contributed by atoms with E-state index in [9.17, 15) is 5.11 Å². The molecule has 2 aromatic carbocycles. The molecule has 2 aromatic rings. The van der Waals surface area contributed by atoms with Gasteiger partial charge < -0.3 is 5.11 Å². The number of hydrogen-bond donors (Lipinski definition) is 1. The summed E-state index contributed by atoms with van der Waals surface area (Å²) in [6.07, 6.45) is 0. The van der Waals surface area contributed by atoms with E-state index >= 15 is 0 Å². The molecule has 0 radical (unpaired) electrons. The van der Waals surface area contributed by atoms with E-state index in [-0.39, 0.29) is 5.75 Å². The molecular weight excluding hydrogens is 208 g/mol. The predicted octanol–water partition coefficient (Wildman–Crippen LogP) is 4.02. The number of phenols is 1. The summed E-state index contributed by atoms with van der Waals surface area (Å²) in [5.41, 5.74) is 2.93. The molecule has 0 saturated carbocycles. The average Bonchev–Trinajstić information content (AvgIpc) is 2.24. The number of phenolic OH excluding ortho intramolecular Hbond substituents is 1. The Kier molecular flexibility index (Phi) is 2.65. The highest BCUT2D eigenvalue weighted by molar-refractivity contribution is 6.32. The Morgan fingerprint density at radius 2 is 1.67 bits per heavy atom. The summed E-state index contributed by atoms with van der Waals surface area (Å²) in [4.78, 5) is 0. The van der Waals surface area contributed by atoms with Crippen LogP contribution in [0.1, 0.15) is 5.56 Å². The minimum absolute atomic E-state index is 0.142. The Morgan fingerprint density at radius 3 is 2.33 bits per heavy atom. The fourth-order valence-electron chi connectivity index (χ4n) is 1.48. The number of halogens is 1. The van der Waals surface area contributed by atoms with E-state index < -0.39 is 0 Å². The van der Waals surface area contributed by atoms with Crippen LogP contribution in [0.25, 0.3) is 11.1 Å². The van der Waals surface area contributed by atoms with E-state index in [0.29, 0.717) is 5.02 Å². The molecule has 0 aliphatic rings. The van der Waals surface area contributed by atoms with Crippen molar-refractivity contribution in [2.24, 2.45) is 0 Å². The lowest BCUT2D eigenvalue weighted by atomic mass is 10.0. The van der Waals surface area contributed by atoms with E-state index in [1.165, 1.54) is 5.56 Å². The summed E-state index contributed by atoms with van der Waals surface area (Å²) in [6, 6.07) is 13.3. The zero-order chi connectivity index (χ0) is 10.8. The number of benzene rings is 2. The number of rotatable bonds is 1. The minimum atomic E-state index is 0.142. The first-order chi connectivity index (χ1) is 7.18. The van der Waals surface area contributed by atoms with Gasteiger partial charge in [0.1, 0.15) is 5.75 Å². The Hall–Kier alpha value is -1.47. The first kappa shape index (κ1) is 10.1. The first-order valence-electron chi connectivity index (χ1n) is 4.73. The Labute approximate surface area is 94.0 Å². The van der Waals surface area contributed by atoms with Crippen molar-refractivity contribution >= 4 is 11.6 Å². The number of para-hydroxylation sites is 1. The van der Waals surface area contributed by atoms with Crippen molar-refractivity contribution < 1.29 is 5.11 Å². The molecule has 1 N–H and O–H groups in total. The molecule has 1 nitrogen and oxygen atoms in total. The molecule has 0 spiro atoms. The Balaban J connectivity index is 2.54. The molecule has 0 heterocycles. The van der Waals surface area contributed by atoms with E-state index in [4.69, 9.17) is 11.6 Å². The molecule has 2 rings (SSSR count). The van der Waals surface area contributed by atoms with Gasteiger partial charge in [-0.3, -0.25) is 0 Å². The van der Waals surface area contributed by atoms with Crippen molar-refractivity contribution in [2.45, 2.75) is 6.92 Å². The molecule has 0 unspecified atom stereocenters. The summed E-state index contributed by atoms with van der Waals surface area (Å²) in [6.45, 7) is 2.03. The number of aromatic hydroxyl groups is 1. The Morgan fingerprint density at radius 1 is 1.00 bits per heavy atom. The van der Waals surface area contributed by atoms with E-state index in [0.717, 1.165) is 11.1 Å². The van der Waals surface area contributed by atoms with Crippen molar-refractivity contribution in [1.82, 2.24) is 0 Å². The van der Waals surface area contributed by atoms with Crippen molar-refractivity contribution in [2.75, 3.05) is 0 Å². The predicted molar refractivity (Wildman–Crippen MR) is 63.3 cm³/mol. The van der Waals surface area contributed by atoms with Crippen LogP contribution in [-0.2, 0) is 0 Å². The van der Waals surface area contributed by atoms with Gasteiger partial charge in [-0.2, -0.15) is 0 Å². The van der Waals surface area contributed by atoms with Crippen molar-refractivity contribution in [3.8, 4) is 16.9 Å². The second-order valence-corrected chi connectivity index (χ2v) is 3.91. The smallest absolute Gasteiger partial charge is 0.141 e. The molecule has 15 heavy (non-hydrogen) atoms. The van der Waals surface area contributed by atoms with Crippen LogP contribution in [0.4, 0.5) is 0 Å². The summed E-state index contributed by atoms with van der Waals surface area (Å²) in [5.74, 6) is 0.142. The summed E-state index contributed by atoms with van der Waals surface area (Å²) >= 11 is 5.84. The largest absolute Gasteiger partial charge is 0.506 e. The molecule has 0 amide bonds. The van der Waals surface area contributed by atoms with Crippen LogP contribution in [-0.4, -0.2) is 5.11 Å². The van der Waals surface area contributed by atoms with Crippen LogP contribution in [0.3, 0.4) is 0 Å². The molecule has 76 valence electrons. The summed E-state index contributed by atoms with van der Waals surface area (Å²) < 4.78 is 0. The maximum absolute atomic E-state index is 9.79. The molecular formula is C13H11ClO. The van der Waals surface area contributed by atoms with Crippen LogP contribution in [0, 0.1) is 6.92 Å². The summed E-state index contributed by atoms with van der Waals surface area (Å²) in [5, 5.41) is 10.2. The SMILES string of the molecule is Cc1ccc(-c2cccc(Cl)c2O)cc1. The third-order valence-electron chi connectivity index (χ3n) is 2.35. The first-order valence-corrected chi connectivity index (χ1v) is 5.11. The topological polar surface area (TPSA) is 20.2 Å². The van der Waals surface area contributed by atoms with Gasteiger partial charge >= 0.3 is 0 Å². The van der Waals surface area contributed by atoms with Gasteiger partial charge in [0.05, 0.1) is 5.02 Å². The lowest BCUT2D eigenvalue weighted by Gasteiger charge is -2.06. The zero-order valence-corrected chi connectivity index (χ0v) is 9.12. The third kappa shape index (κ3) is 1.97. The highest BCUT2D eigenvalue weighted by Gasteiger charge is 2.06. The minimum Gasteiger partial charge on any atom is -0.506 e. The van der Waals surface area contributed by atoms with Crippen molar-refractivity contribution in [1.29, 1.82) is 0 Å². The monoisotopic (exact) mass is 218 g/mol. The molecule has 2 heteroatoms. The van der Waals surface area contributed by atoms with Gasteiger partial charge in [-0.05, 0) is 18.6 Å². The molecule has 0 aliphatic carbocycles. The molecule has 0 saturated heterocycles. The van der Waals surface area contributed by atoms with Gasteiger partial charge in [0.15, 0.2) is 0 Å². The second kappa shape index (κ2) is 3.95. The van der Waals surface area contributed by atoms with E-state index in [2.05, 4.69) is 0 Å². The van der Waals surface area contributed by atoms with Gasteiger partial charge in [0, 0.05) is 5.56 Å². The van der Waals surface area contributed by atoms with Gasteiger partial charge in [0.2, 0.25) is 0 Å². The van der Waals surface area contributed by atoms with Crippen LogP contribution in [0.2, 0.25) is 5.02 Å². The van der Waals surface area contributed by atoms with Gasteiger partial charge in [-0.15, -0.1) is 0 Å². The second-order valence-electron chi connectivity index (χ2n) is 3.50. The normalized spacial score (nSPS) is 10.3. The van der Waals surface area contributed by atoms with Crippen LogP contribution in [0.5, 0.6) is 5.75 Å². The molecule has 0 bridgehead atoms. The van der Waals surface area contributed by atoms with E-state index in [1.54, 1.807) is 6.07 Å². The number of aryl methyl sites for hydroxylation is 1. The fourth-order valence-corrected chi connectivity index (χ4v) is 1.66. The summed E-state index contributed by atoms with van der Waals surface area (Å²) in [7, 11) is 0. The molecule has 0 aromatic heterocycles. The van der Waals surface area contributed by atoms with Gasteiger partial charge in [-0.25, -0.2) is 0 Å². The lowest BCUT2D eigenvalue weighted by Crippen LogP contribution is -1.80. The zero-order valence-electron chi connectivity index (χ0n) is 8.37. The highest BCUT2D eigenvalue weighted by atomic mass is 35.5. The molecule has 0 fully saturated rings. The quantitative estimate of drug-likeness (QED) is 0.767. The Bertz CT molecular complexity index is 474. The molecule has 0 atom stereocenters. The van der Waals surface area contributed by atoms with Crippen LogP contribution < -0.4 is 0 Å². The van der Waals surface area contributed by atoms with Crippen molar-refractivity contribution in [3.63, 3.8) is 0 Å². The number of hydrogen-bond acceptors (Lipinski definition) is 1. The van der Waals surface area contributed by atoms with E-state index in [1.807, 2.05) is 43.3 Å². The molecule has 0 aliphatic heterocycles. The average molecular weight is 219 g/mol. The van der Waals surface area contributed by atoms with Gasteiger partial charge in [-0.1, -0.05) is 53.6 Å². The van der Waals surface area contributed by atoms with Gasteiger partial charge in [0.25, 0.3) is 0 Å². The fraction of sp³-hybridized carbons (Fsp3) is 0.0769.